The Morgan fingerprint density at radius 3 is 1.92 bits per heavy atom. The van der Waals surface area contributed by atoms with Crippen LogP contribution in [0.5, 0.6) is 5.75 Å². The lowest BCUT2D eigenvalue weighted by Gasteiger charge is -2.31. The minimum atomic E-state index is -5.46. The molecule has 1 atom stereocenters. The van der Waals surface area contributed by atoms with Gasteiger partial charge in [-0.2, -0.15) is 4.31 Å². The monoisotopic (exact) mass is 847 g/mol. The average Bonchev–Trinajstić information content (AvgIpc) is 3.79. The summed E-state index contributed by atoms with van der Waals surface area (Å²) < 4.78 is 107. The van der Waals surface area contributed by atoms with E-state index >= 15 is 0 Å². The molecule has 0 radical (unpaired) electrons. The van der Waals surface area contributed by atoms with Crippen LogP contribution in [-0.2, 0) is 39.4 Å². The number of anilines is 1. The first-order valence-corrected chi connectivity index (χ1v) is 21.1. The average molecular weight is 848 g/mol. The van der Waals surface area contributed by atoms with Crippen molar-refractivity contribution in [2.45, 2.75) is 81.6 Å². The smallest absolute Gasteiger partial charge is 0.278 e. The molecule has 0 bridgehead atoms. The highest BCUT2D eigenvalue weighted by Crippen LogP contribution is 2.37. The number of nitrogens with one attached hydrogen (secondary N) is 1. The van der Waals surface area contributed by atoms with Crippen LogP contribution < -0.4 is 15.1 Å². The van der Waals surface area contributed by atoms with Gasteiger partial charge in [-0.1, -0.05) is 104 Å². The topological polar surface area (TPSA) is 105 Å². The highest BCUT2D eigenvalue weighted by molar-refractivity contribution is 7.89. The van der Waals surface area contributed by atoms with Gasteiger partial charge in [0.1, 0.15) is 18.4 Å². The van der Waals surface area contributed by atoms with E-state index < -0.39 is 68.4 Å². The number of nitrogens with zero attached hydrogens (tertiary/aromatic N) is 2. The normalized spacial score (nSPS) is 16.1. The Balaban J connectivity index is 1.25. The molecule has 1 unspecified atom stereocenters. The van der Waals surface area contributed by atoms with Crippen molar-refractivity contribution in [3.05, 3.63) is 160 Å². The molecule has 1 aliphatic heterocycles. The maximum absolute atomic E-state index is 15.0. The zero-order chi connectivity index (χ0) is 42.4. The second-order valence-electron chi connectivity index (χ2n) is 14.8. The van der Waals surface area contributed by atoms with Gasteiger partial charge in [0.05, 0.1) is 18.7 Å². The Morgan fingerprint density at radius 2 is 1.28 bits per heavy atom. The molecule has 1 saturated heterocycles. The molecule has 7 rings (SSSR count). The molecule has 0 spiro atoms. The van der Waals surface area contributed by atoms with Crippen LogP contribution in [0.25, 0.3) is 0 Å². The van der Waals surface area contributed by atoms with Crippen molar-refractivity contribution < 1.29 is 49.5 Å². The fourth-order valence-corrected chi connectivity index (χ4v) is 9.50. The molecule has 1 N–H and O–H groups in total. The van der Waals surface area contributed by atoms with Crippen molar-refractivity contribution in [3.63, 3.8) is 0 Å². The summed E-state index contributed by atoms with van der Waals surface area (Å²) in [5, 5.41) is 0. The standard InChI is InChI=1S/C45H42F5N3O6S/c46-38-39(47)41(49)43(42(50)40(38)48)60(56,57)53-24-10-17-36(53)45(55)52(26-29-18-20-33(21-19-29)32-15-8-3-9-16-32)34-22-23-35(37(25-34)58-27-30-11-4-1-5-12-30)44(54)51-59-28-31-13-6-2-7-14-31/h1-2,4-7,11-14,18-23,25,32,36H,3,8-10,15-17,24,26-28H2,(H,51,54). The second-order valence-corrected chi connectivity index (χ2v) is 16.7. The highest BCUT2D eigenvalue weighted by Gasteiger charge is 2.45. The van der Waals surface area contributed by atoms with Gasteiger partial charge in [-0.05, 0) is 66.0 Å². The Bertz CT molecular complexity index is 2410. The van der Waals surface area contributed by atoms with E-state index in [1.54, 1.807) is 0 Å². The summed E-state index contributed by atoms with van der Waals surface area (Å²) in [6, 6.07) is 28.7. The quantitative estimate of drug-likeness (QED) is 0.0518. The SMILES string of the molecule is O=C(NOCc1ccccc1)c1ccc(N(Cc2ccc(C3CCCCC3)cc2)C(=O)C2CCCN2S(=O)(=O)c2c(F)c(F)c(F)c(F)c2F)cc1OCc1ccccc1. The number of amides is 2. The molecule has 15 heteroatoms. The molecule has 5 aromatic carbocycles. The number of benzene rings is 5. The Hall–Kier alpha value is -5.64. The molecule has 2 fully saturated rings. The van der Waals surface area contributed by atoms with Gasteiger partial charge in [-0.3, -0.25) is 14.4 Å². The summed E-state index contributed by atoms with van der Waals surface area (Å²) in [6.45, 7) is -0.475. The van der Waals surface area contributed by atoms with Gasteiger partial charge < -0.3 is 9.64 Å². The van der Waals surface area contributed by atoms with E-state index in [2.05, 4.69) is 5.48 Å². The predicted octanol–water partition coefficient (Wildman–Crippen LogP) is 9.26. The van der Waals surface area contributed by atoms with Gasteiger partial charge in [-0.15, -0.1) is 0 Å². The summed E-state index contributed by atoms with van der Waals surface area (Å²) in [5.74, 6) is -13.5. The number of halogens is 5. The zero-order valence-electron chi connectivity index (χ0n) is 32.4. The number of hydrogen-bond acceptors (Lipinski definition) is 6. The maximum Gasteiger partial charge on any atom is 0.278 e. The molecule has 2 amide bonds. The van der Waals surface area contributed by atoms with Crippen LogP contribution in [0.15, 0.2) is 108 Å². The molecular formula is C45H42F5N3O6S. The lowest BCUT2D eigenvalue weighted by atomic mass is 9.84. The van der Waals surface area contributed by atoms with Gasteiger partial charge in [-0.25, -0.2) is 35.8 Å². The summed E-state index contributed by atoms with van der Waals surface area (Å²) in [7, 11) is -5.46. The first-order valence-electron chi connectivity index (χ1n) is 19.6. The minimum absolute atomic E-state index is 0.0165. The Kier molecular flexibility index (Phi) is 13.3. The number of hydrogen-bond donors (Lipinski definition) is 1. The first kappa shape index (κ1) is 42.5. The first-order chi connectivity index (χ1) is 28.9. The Labute approximate surface area is 344 Å². The fraction of sp³-hybridized carbons (Fsp3) is 0.289. The molecule has 314 valence electrons. The van der Waals surface area contributed by atoms with E-state index in [1.807, 2.05) is 84.9 Å². The molecule has 1 saturated carbocycles. The van der Waals surface area contributed by atoms with Gasteiger partial charge in [0.2, 0.25) is 21.7 Å². The van der Waals surface area contributed by atoms with Crippen LogP contribution in [-0.4, -0.2) is 37.1 Å². The number of ether oxygens (including phenoxy) is 1. The van der Waals surface area contributed by atoms with Gasteiger partial charge >= 0.3 is 0 Å². The Morgan fingerprint density at radius 1 is 0.683 bits per heavy atom. The summed E-state index contributed by atoms with van der Waals surface area (Å²) in [6.07, 6.45) is 5.47. The third-order valence-corrected chi connectivity index (χ3v) is 12.8. The van der Waals surface area contributed by atoms with Crippen molar-refractivity contribution in [1.82, 2.24) is 9.79 Å². The summed E-state index contributed by atoms with van der Waals surface area (Å²) >= 11 is 0. The maximum atomic E-state index is 15.0. The molecule has 9 nitrogen and oxygen atoms in total. The largest absolute Gasteiger partial charge is 0.488 e. The van der Waals surface area contributed by atoms with E-state index in [4.69, 9.17) is 9.57 Å². The van der Waals surface area contributed by atoms with Crippen LogP contribution in [0, 0.1) is 29.1 Å². The lowest BCUT2D eigenvalue weighted by Crippen LogP contribution is -2.48. The number of rotatable bonds is 14. The number of sulfonamides is 1. The molecule has 60 heavy (non-hydrogen) atoms. The van der Waals surface area contributed by atoms with Crippen LogP contribution >= 0.6 is 0 Å². The van der Waals surface area contributed by atoms with Gasteiger partial charge in [0, 0.05) is 18.3 Å². The highest BCUT2D eigenvalue weighted by atomic mass is 32.2. The predicted molar refractivity (Wildman–Crippen MR) is 213 cm³/mol. The zero-order valence-corrected chi connectivity index (χ0v) is 33.2. The van der Waals surface area contributed by atoms with Crippen LogP contribution in [0.2, 0.25) is 0 Å². The fourth-order valence-electron chi connectivity index (χ4n) is 7.73. The third-order valence-electron chi connectivity index (χ3n) is 10.9. The summed E-state index contributed by atoms with van der Waals surface area (Å²) in [4.78, 5) is 33.0. The molecule has 2 aliphatic rings. The van der Waals surface area contributed by atoms with E-state index in [0.29, 0.717) is 15.8 Å². The van der Waals surface area contributed by atoms with Crippen molar-refractivity contribution >= 4 is 27.5 Å². The number of carbonyl (C=O) groups is 2. The van der Waals surface area contributed by atoms with Gasteiger partial charge in [0.15, 0.2) is 28.2 Å². The van der Waals surface area contributed by atoms with E-state index in [-0.39, 0.29) is 49.6 Å². The van der Waals surface area contributed by atoms with Crippen LogP contribution in [0.3, 0.4) is 0 Å². The minimum Gasteiger partial charge on any atom is -0.488 e. The van der Waals surface area contributed by atoms with Crippen molar-refractivity contribution in [2.24, 2.45) is 0 Å². The molecule has 0 aromatic heterocycles. The van der Waals surface area contributed by atoms with Crippen LogP contribution in [0.4, 0.5) is 27.6 Å². The molecular weight excluding hydrogens is 806 g/mol. The lowest BCUT2D eigenvalue weighted by molar-refractivity contribution is -0.121. The van der Waals surface area contributed by atoms with Crippen LogP contribution in [0.1, 0.15) is 83.5 Å². The number of hydroxylamine groups is 1. The van der Waals surface area contributed by atoms with E-state index in [1.165, 1.54) is 29.5 Å². The van der Waals surface area contributed by atoms with Crippen molar-refractivity contribution in [2.75, 3.05) is 11.4 Å². The summed E-state index contributed by atoms with van der Waals surface area (Å²) in [5.41, 5.74) is 6.00. The third kappa shape index (κ3) is 9.23. The second kappa shape index (κ2) is 18.7. The van der Waals surface area contributed by atoms with E-state index in [0.717, 1.165) is 42.4 Å². The molecule has 1 aliphatic carbocycles. The molecule has 5 aromatic rings. The van der Waals surface area contributed by atoms with Gasteiger partial charge in [0.25, 0.3) is 5.91 Å². The van der Waals surface area contributed by atoms with Crippen molar-refractivity contribution in [3.8, 4) is 5.75 Å². The molecule has 1 heterocycles. The number of carbonyl (C=O) groups excluding carboxylic acids is 2. The van der Waals surface area contributed by atoms with Crippen molar-refractivity contribution in [1.29, 1.82) is 0 Å². The van der Waals surface area contributed by atoms with E-state index in [9.17, 15) is 40.0 Å².